The van der Waals surface area contributed by atoms with E-state index in [1.54, 1.807) is 0 Å². The Morgan fingerprint density at radius 1 is 1.41 bits per heavy atom. The molecule has 0 radical (unpaired) electrons. The maximum absolute atomic E-state index is 5.55. The molecule has 1 aliphatic rings. The van der Waals surface area contributed by atoms with E-state index in [-0.39, 0.29) is 0 Å². The zero-order valence-electron chi connectivity index (χ0n) is 10.8. The lowest BCUT2D eigenvalue weighted by molar-refractivity contribution is -0.0103. The Bertz CT molecular complexity index is 348. The zero-order valence-corrected chi connectivity index (χ0v) is 10.8. The highest BCUT2D eigenvalue weighted by Crippen LogP contribution is 2.23. The summed E-state index contributed by atoms with van der Waals surface area (Å²) in [5.74, 6) is 0. The van der Waals surface area contributed by atoms with Crippen molar-refractivity contribution in [2.24, 2.45) is 0 Å². The number of aryl methyl sites for hydroxylation is 1. The molecule has 0 unspecified atom stereocenters. The summed E-state index contributed by atoms with van der Waals surface area (Å²) in [7, 11) is 0. The van der Waals surface area contributed by atoms with E-state index in [9.17, 15) is 0 Å². The summed E-state index contributed by atoms with van der Waals surface area (Å²) in [5, 5.41) is 3.56. The van der Waals surface area contributed by atoms with Crippen molar-refractivity contribution in [3.05, 3.63) is 29.6 Å². The largest absolute Gasteiger partial charge is 0.378 e. The van der Waals surface area contributed by atoms with Crippen LogP contribution in [0.4, 0.5) is 0 Å². The summed E-state index contributed by atoms with van der Waals surface area (Å²) in [5.41, 5.74) is 2.54. The summed E-state index contributed by atoms with van der Waals surface area (Å²) < 4.78 is 5.55. The molecular weight excluding hydrogens is 212 g/mol. The number of ether oxygens (including phenoxy) is 1. The van der Waals surface area contributed by atoms with Crippen LogP contribution in [0.15, 0.2) is 18.3 Å². The van der Waals surface area contributed by atoms with Gasteiger partial charge in [0.15, 0.2) is 0 Å². The van der Waals surface area contributed by atoms with Gasteiger partial charge in [-0.25, -0.2) is 0 Å². The summed E-state index contributed by atoms with van der Waals surface area (Å²) in [4.78, 5) is 4.44. The molecule has 1 aromatic rings. The smallest absolute Gasteiger partial charge is 0.0604 e. The highest BCUT2D eigenvalue weighted by Gasteiger charge is 2.28. The Morgan fingerprint density at radius 2 is 2.24 bits per heavy atom. The molecule has 1 saturated carbocycles. The van der Waals surface area contributed by atoms with Crippen LogP contribution in [0.2, 0.25) is 0 Å². The van der Waals surface area contributed by atoms with Crippen LogP contribution in [0, 0.1) is 0 Å². The third-order valence-corrected chi connectivity index (χ3v) is 3.42. The zero-order chi connectivity index (χ0) is 12.1. The van der Waals surface area contributed by atoms with Gasteiger partial charge >= 0.3 is 0 Å². The number of pyridine rings is 1. The lowest BCUT2D eigenvalue weighted by Crippen LogP contribution is -2.45. The van der Waals surface area contributed by atoms with Gasteiger partial charge in [-0.15, -0.1) is 0 Å². The fourth-order valence-electron chi connectivity index (χ4n) is 2.30. The molecule has 1 fully saturated rings. The van der Waals surface area contributed by atoms with Crippen molar-refractivity contribution in [2.75, 3.05) is 6.61 Å². The summed E-state index contributed by atoms with van der Waals surface area (Å²) in [6.07, 6.45) is 5.69. The van der Waals surface area contributed by atoms with Gasteiger partial charge in [0.1, 0.15) is 0 Å². The number of nitrogens with one attached hydrogen (secondary N) is 1. The molecule has 2 rings (SSSR count). The number of nitrogens with zero attached hydrogens (tertiary/aromatic N) is 1. The van der Waals surface area contributed by atoms with Crippen LogP contribution in [-0.2, 0) is 17.7 Å². The topological polar surface area (TPSA) is 34.1 Å². The Hall–Kier alpha value is -0.930. The number of aromatic nitrogens is 1. The van der Waals surface area contributed by atoms with Crippen LogP contribution in [0.25, 0.3) is 0 Å². The molecule has 0 bridgehead atoms. The Balaban J connectivity index is 1.75. The van der Waals surface area contributed by atoms with Crippen LogP contribution in [-0.4, -0.2) is 23.7 Å². The van der Waals surface area contributed by atoms with Crippen molar-refractivity contribution >= 4 is 0 Å². The SMILES string of the molecule is CCOC1CC(NCc2ncccc2CC)C1. The molecule has 1 N–H and O–H groups in total. The summed E-state index contributed by atoms with van der Waals surface area (Å²) >= 11 is 0. The molecular formula is C14H22N2O. The minimum atomic E-state index is 0.479. The molecule has 0 amide bonds. The molecule has 1 aromatic heterocycles. The van der Waals surface area contributed by atoms with Gasteiger partial charge in [0.05, 0.1) is 11.8 Å². The predicted molar refractivity (Wildman–Crippen MR) is 68.9 cm³/mol. The minimum absolute atomic E-state index is 0.479. The van der Waals surface area contributed by atoms with Gasteiger partial charge in [-0.1, -0.05) is 13.0 Å². The standard InChI is InChI=1S/C14H22N2O/c1-3-11-6-5-7-15-14(11)10-16-12-8-13(9-12)17-4-2/h5-7,12-13,16H,3-4,8-10H2,1-2H3. The van der Waals surface area contributed by atoms with Crippen molar-refractivity contribution < 1.29 is 4.74 Å². The van der Waals surface area contributed by atoms with E-state index in [4.69, 9.17) is 4.74 Å². The van der Waals surface area contributed by atoms with Crippen molar-refractivity contribution in [1.82, 2.24) is 10.3 Å². The van der Waals surface area contributed by atoms with E-state index in [1.807, 2.05) is 12.3 Å². The second-order valence-corrected chi connectivity index (χ2v) is 4.59. The van der Waals surface area contributed by atoms with Crippen molar-refractivity contribution in [2.45, 2.75) is 51.8 Å². The number of rotatable bonds is 6. The van der Waals surface area contributed by atoms with E-state index in [0.717, 1.165) is 32.4 Å². The number of hydrogen-bond acceptors (Lipinski definition) is 3. The maximum atomic E-state index is 5.55. The van der Waals surface area contributed by atoms with E-state index in [2.05, 4.69) is 30.2 Å². The third-order valence-electron chi connectivity index (χ3n) is 3.42. The minimum Gasteiger partial charge on any atom is -0.378 e. The van der Waals surface area contributed by atoms with Crippen molar-refractivity contribution in [3.63, 3.8) is 0 Å². The van der Waals surface area contributed by atoms with E-state index in [0.29, 0.717) is 12.1 Å². The molecule has 0 aliphatic heterocycles. The van der Waals surface area contributed by atoms with Crippen LogP contribution in [0.1, 0.15) is 37.9 Å². The average Bonchev–Trinajstić information content (AvgIpc) is 2.32. The molecule has 1 aliphatic carbocycles. The Kier molecular flexibility index (Phi) is 4.51. The molecule has 94 valence electrons. The van der Waals surface area contributed by atoms with E-state index >= 15 is 0 Å². The first-order valence-corrected chi connectivity index (χ1v) is 6.61. The predicted octanol–water partition coefficient (Wildman–Crippen LogP) is 2.30. The molecule has 0 atom stereocenters. The van der Waals surface area contributed by atoms with Gasteiger partial charge < -0.3 is 10.1 Å². The van der Waals surface area contributed by atoms with Gasteiger partial charge in [-0.2, -0.15) is 0 Å². The fourth-order valence-corrected chi connectivity index (χ4v) is 2.30. The first kappa shape index (κ1) is 12.5. The molecule has 17 heavy (non-hydrogen) atoms. The third kappa shape index (κ3) is 3.27. The Labute approximate surface area is 104 Å². The molecule has 0 spiro atoms. The Morgan fingerprint density at radius 3 is 2.94 bits per heavy atom. The first-order chi connectivity index (χ1) is 8.33. The van der Waals surface area contributed by atoms with Crippen LogP contribution >= 0.6 is 0 Å². The van der Waals surface area contributed by atoms with Gasteiger partial charge in [-0.05, 0) is 37.8 Å². The fraction of sp³-hybridized carbons (Fsp3) is 0.643. The van der Waals surface area contributed by atoms with Crippen molar-refractivity contribution in [3.8, 4) is 0 Å². The second-order valence-electron chi connectivity index (χ2n) is 4.59. The first-order valence-electron chi connectivity index (χ1n) is 6.61. The highest BCUT2D eigenvalue weighted by molar-refractivity contribution is 5.19. The van der Waals surface area contributed by atoms with Gasteiger partial charge in [0, 0.05) is 25.4 Å². The van der Waals surface area contributed by atoms with Crippen LogP contribution < -0.4 is 5.32 Å². The molecule has 3 nitrogen and oxygen atoms in total. The van der Waals surface area contributed by atoms with Gasteiger partial charge in [-0.3, -0.25) is 4.98 Å². The number of hydrogen-bond donors (Lipinski definition) is 1. The lowest BCUT2D eigenvalue weighted by Gasteiger charge is -2.35. The quantitative estimate of drug-likeness (QED) is 0.820. The maximum Gasteiger partial charge on any atom is 0.0604 e. The van der Waals surface area contributed by atoms with Gasteiger partial charge in [0.25, 0.3) is 0 Å². The van der Waals surface area contributed by atoms with Crippen LogP contribution in [0.3, 0.4) is 0 Å². The lowest BCUT2D eigenvalue weighted by atomic mass is 9.89. The van der Waals surface area contributed by atoms with Crippen LogP contribution in [0.5, 0.6) is 0 Å². The normalized spacial score (nSPS) is 23.4. The van der Waals surface area contributed by atoms with Crippen molar-refractivity contribution in [1.29, 1.82) is 0 Å². The molecule has 0 aromatic carbocycles. The summed E-state index contributed by atoms with van der Waals surface area (Å²) in [6, 6.07) is 4.78. The second kappa shape index (κ2) is 6.12. The van der Waals surface area contributed by atoms with Gasteiger partial charge in [0.2, 0.25) is 0 Å². The summed E-state index contributed by atoms with van der Waals surface area (Å²) in [6.45, 7) is 5.95. The highest BCUT2D eigenvalue weighted by atomic mass is 16.5. The van der Waals surface area contributed by atoms with E-state index in [1.165, 1.54) is 11.3 Å². The monoisotopic (exact) mass is 234 g/mol. The molecule has 3 heteroatoms. The molecule has 0 saturated heterocycles. The average molecular weight is 234 g/mol. The molecule has 1 heterocycles. The van der Waals surface area contributed by atoms with E-state index < -0.39 is 0 Å².